The van der Waals surface area contributed by atoms with Gasteiger partial charge in [-0.1, -0.05) is 0 Å². The van der Waals surface area contributed by atoms with Crippen molar-refractivity contribution in [2.45, 2.75) is 36.6 Å². The Morgan fingerprint density at radius 3 is 2.72 bits per heavy atom. The first kappa shape index (κ1) is 18.3. The topological polar surface area (TPSA) is 61.4 Å². The zero-order valence-electron chi connectivity index (χ0n) is 14.8. The number of nitrogens with zero attached hydrogens (tertiary/aromatic N) is 1. The molecule has 6 heteroatoms. The number of nitrogens with one attached hydrogen (secondary N) is 2. The molecular formula is C19H27N3O2S. The second-order valence-corrected chi connectivity index (χ2v) is 7.76. The first-order valence-electron chi connectivity index (χ1n) is 9.12. The SMILES string of the molecule is CSc1ccc(C(=O)N2CCCC(CNC(=O)C3CCCN3)C2)cc1. The molecule has 1 aromatic carbocycles. The highest BCUT2D eigenvalue weighted by Crippen LogP contribution is 2.20. The molecule has 0 saturated carbocycles. The second-order valence-electron chi connectivity index (χ2n) is 6.88. The lowest BCUT2D eigenvalue weighted by molar-refractivity contribution is -0.123. The molecule has 2 unspecified atom stereocenters. The van der Waals surface area contributed by atoms with Gasteiger partial charge in [0.15, 0.2) is 0 Å². The summed E-state index contributed by atoms with van der Waals surface area (Å²) in [6, 6.07) is 7.77. The van der Waals surface area contributed by atoms with Crippen molar-refractivity contribution in [1.82, 2.24) is 15.5 Å². The monoisotopic (exact) mass is 361 g/mol. The second kappa shape index (κ2) is 8.72. The van der Waals surface area contributed by atoms with Gasteiger partial charge in [-0.25, -0.2) is 0 Å². The van der Waals surface area contributed by atoms with Crippen molar-refractivity contribution < 1.29 is 9.59 Å². The maximum absolute atomic E-state index is 12.7. The molecule has 2 heterocycles. The van der Waals surface area contributed by atoms with E-state index in [0.29, 0.717) is 12.5 Å². The summed E-state index contributed by atoms with van der Waals surface area (Å²) in [4.78, 5) is 27.9. The first-order valence-corrected chi connectivity index (χ1v) is 10.3. The van der Waals surface area contributed by atoms with Gasteiger partial charge >= 0.3 is 0 Å². The third-order valence-electron chi connectivity index (χ3n) is 5.08. The number of rotatable bonds is 5. The Morgan fingerprint density at radius 1 is 1.24 bits per heavy atom. The lowest BCUT2D eigenvalue weighted by Gasteiger charge is -2.33. The zero-order valence-corrected chi connectivity index (χ0v) is 15.6. The standard InChI is InChI=1S/C19H27N3O2S/c1-25-16-8-6-15(7-9-16)19(24)22-11-3-4-14(13-22)12-21-18(23)17-5-2-10-20-17/h6-9,14,17,20H,2-5,10-13H2,1H3,(H,21,23). The molecule has 0 bridgehead atoms. The van der Waals surface area contributed by atoms with Gasteiger partial charge in [0.05, 0.1) is 6.04 Å². The molecule has 1 aromatic rings. The number of carbonyl (C=O) groups excluding carboxylic acids is 2. The fraction of sp³-hybridized carbons (Fsp3) is 0.579. The summed E-state index contributed by atoms with van der Waals surface area (Å²) < 4.78 is 0. The number of benzene rings is 1. The molecule has 5 nitrogen and oxygen atoms in total. The average Bonchev–Trinajstić information content (AvgIpc) is 3.21. The maximum atomic E-state index is 12.7. The minimum Gasteiger partial charge on any atom is -0.354 e. The number of hydrogen-bond acceptors (Lipinski definition) is 4. The van der Waals surface area contributed by atoms with E-state index in [9.17, 15) is 9.59 Å². The third-order valence-corrected chi connectivity index (χ3v) is 5.83. The molecule has 0 spiro atoms. The van der Waals surface area contributed by atoms with Gasteiger partial charge < -0.3 is 15.5 Å². The van der Waals surface area contributed by atoms with Gasteiger partial charge in [0.2, 0.25) is 5.91 Å². The Morgan fingerprint density at radius 2 is 2.04 bits per heavy atom. The molecule has 2 fully saturated rings. The van der Waals surface area contributed by atoms with Crippen molar-refractivity contribution in [3.05, 3.63) is 29.8 Å². The number of piperidine rings is 1. The minimum atomic E-state index is -0.0312. The van der Waals surface area contributed by atoms with Gasteiger partial charge in [-0.05, 0) is 68.7 Å². The quantitative estimate of drug-likeness (QED) is 0.789. The van der Waals surface area contributed by atoms with E-state index in [1.165, 1.54) is 0 Å². The van der Waals surface area contributed by atoms with Crippen molar-refractivity contribution in [1.29, 1.82) is 0 Å². The molecule has 3 rings (SSSR count). The summed E-state index contributed by atoms with van der Waals surface area (Å²) in [7, 11) is 0. The molecular weight excluding hydrogens is 334 g/mol. The highest BCUT2D eigenvalue weighted by atomic mass is 32.2. The Labute approximate surface area is 153 Å². The number of carbonyl (C=O) groups is 2. The number of likely N-dealkylation sites (tertiary alicyclic amines) is 1. The van der Waals surface area contributed by atoms with Crippen molar-refractivity contribution in [2.75, 3.05) is 32.4 Å². The summed E-state index contributed by atoms with van der Waals surface area (Å²) >= 11 is 1.67. The molecule has 0 aliphatic carbocycles. The van der Waals surface area contributed by atoms with E-state index in [-0.39, 0.29) is 17.9 Å². The van der Waals surface area contributed by atoms with Crippen LogP contribution in [-0.4, -0.2) is 55.2 Å². The third kappa shape index (κ3) is 4.76. The van der Waals surface area contributed by atoms with Crippen LogP contribution in [0.3, 0.4) is 0 Å². The Hall–Kier alpha value is -1.53. The van der Waals surface area contributed by atoms with Crippen molar-refractivity contribution in [2.24, 2.45) is 5.92 Å². The molecule has 2 aliphatic rings. The summed E-state index contributed by atoms with van der Waals surface area (Å²) in [5.41, 5.74) is 0.748. The van der Waals surface area contributed by atoms with E-state index in [4.69, 9.17) is 0 Å². The van der Waals surface area contributed by atoms with Crippen molar-refractivity contribution in [3.8, 4) is 0 Å². The Kier molecular flexibility index (Phi) is 6.37. The van der Waals surface area contributed by atoms with E-state index >= 15 is 0 Å². The van der Waals surface area contributed by atoms with Crippen molar-refractivity contribution >= 4 is 23.6 Å². The minimum absolute atomic E-state index is 0.0312. The van der Waals surface area contributed by atoms with Crippen molar-refractivity contribution in [3.63, 3.8) is 0 Å². The molecule has 136 valence electrons. The summed E-state index contributed by atoms with van der Waals surface area (Å²) in [5.74, 6) is 0.545. The fourth-order valence-electron chi connectivity index (χ4n) is 3.61. The molecule has 2 atom stereocenters. The van der Waals surface area contributed by atoms with E-state index in [1.807, 2.05) is 35.4 Å². The zero-order chi connectivity index (χ0) is 17.6. The predicted octanol–water partition coefficient (Wildman–Crippen LogP) is 2.13. The number of thioether (sulfide) groups is 1. The first-order chi connectivity index (χ1) is 12.2. The molecule has 2 aliphatic heterocycles. The molecule has 0 aromatic heterocycles. The van der Waals surface area contributed by atoms with Gasteiger partial charge in [-0.15, -0.1) is 11.8 Å². The van der Waals surface area contributed by atoms with Gasteiger partial charge in [0, 0.05) is 30.1 Å². The highest BCUT2D eigenvalue weighted by molar-refractivity contribution is 7.98. The van der Waals surface area contributed by atoms with Crippen LogP contribution in [0.15, 0.2) is 29.2 Å². The summed E-state index contributed by atoms with van der Waals surface area (Å²) in [5, 5.41) is 6.29. The van der Waals surface area contributed by atoms with Gasteiger partial charge in [-0.2, -0.15) is 0 Å². The molecule has 25 heavy (non-hydrogen) atoms. The Bertz CT molecular complexity index is 599. The van der Waals surface area contributed by atoms with Gasteiger partial charge in [0.25, 0.3) is 5.91 Å². The van der Waals surface area contributed by atoms with Crippen LogP contribution in [0.2, 0.25) is 0 Å². The lowest BCUT2D eigenvalue weighted by atomic mass is 9.97. The lowest BCUT2D eigenvalue weighted by Crippen LogP contribution is -2.46. The molecule has 2 amide bonds. The van der Waals surface area contributed by atoms with Crippen LogP contribution in [0, 0.1) is 5.92 Å². The molecule has 0 radical (unpaired) electrons. The fourth-order valence-corrected chi connectivity index (χ4v) is 4.02. The van der Waals surface area contributed by atoms with Crippen LogP contribution in [0.5, 0.6) is 0 Å². The molecule has 2 N–H and O–H groups in total. The van der Waals surface area contributed by atoms with Crippen LogP contribution in [0.1, 0.15) is 36.0 Å². The Balaban J connectivity index is 1.51. The van der Waals surface area contributed by atoms with Gasteiger partial charge in [-0.3, -0.25) is 9.59 Å². The van der Waals surface area contributed by atoms with Crippen LogP contribution < -0.4 is 10.6 Å². The van der Waals surface area contributed by atoms with Crippen LogP contribution in [0.25, 0.3) is 0 Å². The number of amides is 2. The van der Waals surface area contributed by atoms with E-state index < -0.39 is 0 Å². The highest BCUT2D eigenvalue weighted by Gasteiger charge is 2.26. The van der Waals surface area contributed by atoms with E-state index in [1.54, 1.807) is 11.8 Å². The van der Waals surface area contributed by atoms with Crippen LogP contribution >= 0.6 is 11.8 Å². The number of hydrogen-bond donors (Lipinski definition) is 2. The normalized spacial score (nSPS) is 23.5. The van der Waals surface area contributed by atoms with Gasteiger partial charge in [0.1, 0.15) is 0 Å². The molecule has 2 saturated heterocycles. The average molecular weight is 362 g/mol. The summed E-state index contributed by atoms with van der Waals surface area (Å²) in [6.45, 7) is 3.12. The summed E-state index contributed by atoms with van der Waals surface area (Å²) in [6.07, 6.45) is 6.08. The van der Waals surface area contributed by atoms with Crippen LogP contribution in [0.4, 0.5) is 0 Å². The van der Waals surface area contributed by atoms with E-state index in [0.717, 1.165) is 55.8 Å². The largest absolute Gasteiger partial charge is 0.354 e. The predicted molar refractivity (Wildman–Crippen MR) is 101 cm³/mol. The van der Waals surface area contributed by atoms with E-state index in [2.05, 4.69) is 10.6 Å². The smallest absolute Gasteiger partial charge is 0.253 e. The maximum Gasteiger partial charge on any atom is 0.253 e. The van der Waals surface area contributed by atoms with Crippen LogP contribution in [-0.2, 0) is 4.79 Å².